The lowest BCUT2D eigenvalue weighted by molar-refractivity contribution is 0.867. The molecular weight excluding hydrogens is 288 g/mol. The zero-order valence-electron chi connectivity index (χ0n) is 10.6. The smallest absolute Gasteiger partial charge is 0.0618 e. The summed E-state index contributed by atoms with van der Waals surface area (Å²) in [5, 5.41) is 3.32. The van der Waals surface area contributed by atoms with Crippen LogP contribution in [0.1, 0.15) is 25.3 Å². The monoisotopic (exact) mass is 304 g/mol. The van der Waals surface area contributed by atoms with Crippen LogP contribution in [0, 0.1) is 0 Å². The lowest BCUT2D eigenvalue weighted by Crippen LogP contribution is -1.96. The Bertz CT molecular complexity index is 533. The number of anilines is 3. The van der Waals surface area contributed by atoms with Crippen LogP contribution < -0.4 is 11.1 Å². The van der Waals surface area contributed by atoms with Gasteiger partial charge in [0.15, 0.2) is 0 Å². The maximum Gasteiger partial charge on any atom is 0.0618 e. The van der Waals surface area contributed by atoms with Gasteiger partial charge in [0.2, 0.25) is 0 Å². The van der Waals surface area contributed by atoms with Gasteiger partial charge in [0.05, 0.1) is 11.4 Å². The number of nitrogens with one attached hydrogen (secondary N) is 1. The van der Waals surface area contributed by atoms with Crippen molar-refractivity contribution in [2.75, 3.05) is 11.1 Å². The first-order valence-corrected chi connectivity index (χ1v) is 6.77. The fourth-order valence-electron chi connectivity index (χ4n) is 1.75. The Morgan fingerprint density at radius 1 is 1.06 bits per heavy atom. The van der Waals surface area contributed by atoms with E-state index in [1.54, 1.807) is 0 Å². The zero-order chi connectivity index (χ0) is 13.1. The standard InChI is InChI=1S/C15H17BrN2/c1-10(2)11-3-6-13(7-4-11)18-15-8-5-12(16)9-14(15)17/h3-10,18H,17H2,1-2H3. The minimum Gasteiger partial charge on any atom is -0.397 e. The predicted molar refractivity (Wildman–Crippen MR) is 82.4 cm³/mol. The van der Waals surface area contributed by atoms with Gasteiger partial charge in [0.1, 0.15) is 0 Å². The summed E-state index contributed by atoms with van der Waals surface area (Å²) in [6, 6.07) is 14.3. The fraction of sp³-hybridized carbons (Fsp3) is 0.200. The molecule has 94 valence electrons. The van der Waals surface area contributed by atoms with Gasteiger partial charge in [-0.2, -0.15) is 0 Å². The summed E-state index contributed by atoms with van der Waals surface area (Å²) in [4.78, 5) is 0. The van der Waals surface area contributed by atoms with Crippen LogP contribution in [0.3, 0.4) is 0 Å². The SMILES string of the molecule is CC(C)c1ccc(Nc2ccc(Br)cc2N)cc1. The molecule has 0 aliphatic heterocycles. The summed E-state index contributed by atoms with van der Waals surface area (Å²) in [6.07, 6.45) is 0. The Morgan fingerprint density at radius 3 is 2.28 bits per heavy atom. The lowest BCUT2D eigenvalue weighted by atomic mass is 10.0. The number of hydrogen-bond donors (Lipinski definition) is 2. The van der Waals surface area contributed by atoms with Gasteiger partial charge in [-0.15, -0.1) is 0 Å². The first-order chi connectivity index (χ1) is 8.56. The van der Waals surface area contributed by atoms with Crippen LogP contribution in [-0.2, 0) is 0 Å². The molecule has 18 heavy (non-hydrogen) atoms. The molecule has 3 N–H and O–H groups in total. The zero-order valence-corrected chi connectivity index (χ0v) is 12.2. The molecule has 0 saturated carbocycles. The third kappa shape index (κ3) is 3.05. The maximum atomic E-state index is 5.95. The van der Waals surface area contributed by atoms with Crippen LogP contribution in [0.4, 0.5) is 17.1 Å². The van der Waals surface area contributed by atoms with E-state index >= 15 is 0 Å². The first-order valence-electron chi connectivity index (χ1n) is 5.98. The highest BCUT2D eigenvalue weighted by molar-refractivity contribution is 9.10. The summed E-state index contributed by atoms with van der Waals surface area (Å²) < 4.78 is 0.987. The minimum absolute atomic E-state index is 0.553. The van der Waals surface area contributed by atoms with Crippen molar-refractivity contribution >= 4 is 33.0 Å². The summed E-state index contributed by atoms with van der Waals surface area (Å²) in [5.41, 5.74) is 10.0. The summed E-state index contributed by atoms with van der Waals surface area (Å²) in [7, 11) is 0. The molecule has 0 aromatic heterocycles. The molecule has 0 aliphatic carbocycles. The molecule has 2 nitrogen and oxygen atoms in total. The van der Waals surface area contributed by atoms with E-state index in [-0.39, 0.29) is 0 Å². The highest BCUT2D eigenvalue weighted by atomic mass is 79.9. The molecule has 0 atom stereocenters. The molecule has 0 bridgehead atoms. The van der Waals surface area contributed by atoms with Gasteiger partial charge in [-0.25, -0.2) is 0 Å². The van der Waals surface area contributed by atoms with Crippen LogP contribution in [0.5, 0.6) is 0 Å². The van der Waals surface area contributed by atoms with E-state index in [9.17, 15) is 0 Å². The Morgan fingerprint density at radius 2 is 1.72 bits per heavy atom. The van der Waals surface area contributed by atoms with E-state index in [4.69, 9.17) is 5.73 Å². The Hall–Kier alpha value is -1.48. The van der Waals surface area contributed by atoms with Crippen LogP contribution in [0.15, 0.2) is 46.9 Å². The number of rotatable bonds is 3. The Balaban J connectivity index is 2.18. The van der Waals surface area contributed by atoms with E-state index in [0.29, 0.717) is 5.92 Å². The van der Waals surface area contributed by atoms with E-state index in [1.165, 1.54) is 5.56 Å². The van der Waals surface area contributed by atoms with Gasteiger partial charge in [0, 0.05) is 10.2 Å². The normalized spacial score (nSPS) is 10.7. The molecule has 0 aliphatic rings. The van der Waals surface area contributed by atoms with E-state index in [1.807, 2.05) is 18.2 Å². The largest absolute Gasteiger partial charge is 0.397 e. The fourth-order valence-corrected chi connectivity index (χ4v) is 2.13. The Kier molecular flexibility index (Phi) is 3.92. The molecule has 3 heteroatoms. The number of halogens is 1. The molecule has 0 fully saturated rings. The minimum atomic E-state index is 0.553. The van der Waals surface area contributed by atoms with Gasteiger partial charge in [-0.05, 0) is 41.8 Å². The van der Waals surface area contributed by atoms with Crippen molar-refractivity contribution in [1.29, 1.82) is 0 Å². The molecule has 0 unspecified atom stereocenters. The topological polar surface area (TPSA) is 38.0 Å². The van der Waals surface area contributed by atoms with Gasteiger partial charge in [-0.3, -0.25) is 0 Å². The van der Waals surface area contributed by atoms with Crippen molar-refractivity contribution in [3.63, 3.8) is 0 Å². The van der Waals surface area contributed by atoms with Crippen molar-refractivity contribution in [1.82, 2.24) is 0 Å². The number of hydrogen-bond acceptors (Lipinski definition) is 2. The number of benzene rings is 2. The second-order valence-electron chi connectivity index (χ2n) is 4.63. The Labute approximate surface area is 116 Å². The van der Waals surface area contributed by atoms with Crippen LogP contribution in [0.25, 0.3) is 0 Å². The molecule has 2 aromatic rings. The number of nitrogens with two attached hydrogens (primary N) is 1. The second-order valence-corrected chi connectivity index (χ2v) is 5.55. The maximum absolute atomic E-state index is 5.95. The van der Waals surface area contributed by atoms with Gasteiger partial charge in [-0.1, -0.05) is 41.9 Å². The first kappa shape index (κ1) is 13.0. The molecule has 0 heterocycles. The number of nitrogen functional groups attached to an aromatic ring is 1. The molecule has 2 aromatic carbocycles. The van der Waals surface area contributed by atoms with Crippen molar-refractivity contribution in [3.05, 3.63) is 52.5 Å². The molecule has 0 spiro atoms. The van der Waals surface area contributed by atoms with Crippen molar-refractivity contribution < 1.29 is 0 Å². The van der Waals surface area contributed by atoms with E-state index in [2.05, 4.69) is 59.4 Å². The quantitative estimate of drug-likeness (QED) is 0.792. The van der Waals surface area contributed by atoms with Crippen LogP contribution in [-0.4, -0.2) is 0 Å². The molecule has 2 rings (SSSR count). The second kappa shape index (κ2) is 5.44. The average Bonchev–Trinajstić information content (AvgIpc) is 2.33. The predicted octanol–water partition coefficient (Wildman–Crippen LogP) is 4.90. The highest BCUT2D eigenvalue weighted by Gasteiger charge is 2.02. The summed E-state index contributed by atoms with van der Waals surface area (Å²) >= 11 is 3.40. The van der Waals surface area contributed by atoms with Gasteiger partial charge >= 0.3 is 0 Å². The van der Waals surface area contributed by atoms with E-state index in [0.717, 1.165) is 21.5 Å². The lowest BCUT2D eigenvalue weighted by Gasteiger charge is -2.11. The third-order valence-corrected chi connectivity index (χ3v) is 3.36. The molecule has 0 saturated heterocycles. The van der Waals surface area contributed by atoms with E-state index < -0.39 is 0 Å². The van der Waals surface area contributed by atoms with Gasteiger partial charge < -0.3 is 11.1 Å². The van der Waals surface area contributed by atoms with Crippen molar-refractivity contribution in [2.45, 2.75) is 19.8 Å². The van der Waals surface area contributed by atoms with Crippen LogP contribution >= 0.6 is 15.9 Å². The molecular formula is C15H17BrN2. The summed E-state index contributed by atoms with van der Waals surface area (Å²) in [6.45, 7) is 4.38. The summed E-state index contributed by atoms with van der Waals surface area (Å²) in [5.74, 6) is 0.553. The molecule has 0 amide bonds. The van der Waals surface area contributed by atoms with Crippen molar-refractivity contribution in [2.24, 2.45) is 0 Å². The average molecular weight is 305 g/mol. The highest BCUT2D eigenvalue weighted by Crippen LogP contribution is 2.27. The van der Waals surface area contributed by atoms with Crippen LogP contribution in [0.2, 0.25) is 0 Å². The van der Waals surface area contributed by atoms with Crippen molar-refractivity contribution in [3.8, 4) is 0 Å². The third-order valence-electron chi connectivity index (χ3n) is 2.87. The molecule has 0 radical (unpaired) electrons. The van der Waals surface area contributed by atoms with Gasteiger partial charge in [0.25, 0.3) is 0 Å².